The standard InChI is InChI=1S/C25H21F3N4O5/c1-32(2)12-11-29-23(34)16-6-3-7-17-22(16)31-21-15-5-4-8-19(14(15)9-10-18(21)30-17)36-13-20(33)37-24(35)25(26,27)28/h3-10H,11-13H2,1-2H3,(H,29,34). The molecule has 0 atom stereocenters. The molecule has 0 aliphatic rings. The Morgan fingerprint density at radius 2 is 1.65 bits per heavy atom. The molecule has 12 heteroatoms. The molecule has 1 amide bonds. The Labute approximate surface area is 208 Å². The van der Waals surface area contributed by atoms with Gasteiger partial charge in [-0.3, -0.25) is 4.79 Å². The molecule has 0 unspecified atom stereocenters. The van der Waals surface area contributed by atoms with E-state index in [-0.39, 0.29) is 11.7 Å². The number of para-hydroxylation sites is 1. The van der Waals surface area contributed by atoms with Gasteiger partial charge in [0.15, 0.2) is 6.61 Å². The lowest BCUT2D eigenvalue weighted by Gasteiger charge is -2.13. The minimum atomic E-state index is -5.29. The zero-order valence-electron chi connectivity index (χ0n) is 19.8. The number of alkyl halides is 3. The van der Waals surface area contributed by atoms with Gasteiger partial charge in [0.1, 0.15) is 11.3 Å². The number of aromatic nitrogens is 2. The van der Waals surface area contributed by atoms with Gasteiger partial charge in [-0.05, 0) is 44.4 Å². The summed E-state index contributed by atoms with van der Waals surface area (Å²) in [5.74, 6) is -4.24. The van der Waals surface area contributed by atoms with Gasteiger partial charge in [0, 0.05) is 23.9 Å². The van der Waals surface area contributed by atoms with Crippen molar-refractivity contribution in [3.63, 3.8) is 0 Å². The first-order valence-corrected chi connectivity index (χ1v) is 11.0. The molecule has 0 fully saturated rings. The lowest BCUT2D eigenvalue weighted by Crippen LogP contribution is -2.31. The van der Waals surface area contributed by atoms with Crippen molar-refractivity contribution in [2.75, 3.05) is 33.8 Å². The van der Waals surface area contributed by atoms with Crippen molar-refractivity contribution >= 4 is 50.7 Å². The average molecular weight is 514 g/mol. The summed E-state index contributed by atoms with van der Waals surface area (Å²) in [5.41, 5.74) is 2.27. The third-order valence-corrected chi connectivity index (χ3v) is 5.32. The molecule has 0 saturated carbocycles. The van der Waals surface area contributed by atoms with E-state index in [0.29, 0.717) is 51.5 Å². The van der Waals surface area contributed by atoms with Crippen LogP contribution in [0.1, 0.15) is 10.4 Å². The van der Waals surface area contributed by atoms with Gasteiger partial charge >= 0.3 is 18.1 Å². The molecule has 0 aliphatic carbocycles. The van der Waals surface area contributed by atoms with E-state index in [2.05, 4.69) is 15.0 Å². The molecule has 4 aromatic rings. The zero-order chi connectivity index (χ0) is 26.7. The number of esters is 2. The maximum Gasteiger partial charge on any atom is 0.491 e. The second-order valence-corrected chi connectivity index (χ2v) is 8.29. The molecule has 0 spiro atoms. The highest BCUT2D eigenvalue weighted by Gasteiger charge is 2.42. The molecule has 192 valence electrons. The van der Waals surface area contributed by atoms with Gasteiger partial charge in [-0.25, -0.2) is 19.6 Å². The van der Waals surface area contributed by atoms with E-state index >= 15 is 0 Å². The Morgan fingerprint density at radius 1 is 0.919 bits per heavy atom. The van der Waals surface area contributed by atoms with Gasteiger partial charge in [0.2, 0.25) is 0 Å². The molecule has 4 rings (SSSR count). The van der Waals surface area contributed by atoms with Crippen LogP contribution < -0.4 is 10.1 Å². The van der Waals surface area contributed by atoms with E-state index in [0.717, 1.165) is 0 Å². The quantitative estimate of drug-likeness (QED) is 0.173. The van der Waals surface area contributed by atoms with Crippen molar-refractivity contribution in [1.29, 1.82) is 0 Å². The minimum absolute atomic E-state index is 0.160. The highest BCUT2D eigenvalue weighted by atomic mass is 19.4. The molecule has 1 aromatic heterocycles. The van der Waals surface area contributed by atoms with Crippen LogP contribution >= 0.6 is 0 Å². The van der Waals surface area contributed by atoms with Crippen molar-refractivity contribution in [2.24, 2.45) is 0 Å². The van der Waals surface area contributed by atoms with Crippen molar-refractivity contribution in [3.05, 3.63) is 54.1 Å². The van der Waals surface area contributed by atoms with Gasteiger partial charge in [-0.15, -0.1) is 0 Å². The van der Waals surface area contributed by atoms with E-state index in [1.165, 1.54) is 6.07 Å². The molecule has 0 aliphatic heterocycles. The van der Waals surface area contributed by atoms with E-state index in [4.69, 9.17) is 9.72 Å². The van der Waals surface area contributed by atoms with Crippen molar-refractivity contribution in [3.8, 4) is 5.75 Å². The number of hydrogen-bond donors (Lipinski definition) is 1. The lowest BCUT2D eigenvalue weighted by atomic mass is 10.1. The number of carbonyl (C=O) groups is 3. The number of fused-ring (bicyclic) bond motifs is 4. The number of ether oxygens (including phenoxy) is 2. The molecule has 37 heavy (non-hydrogen) atoms. The molecule has 0 saturated heterocycles. The van der Waals surface area contributed by atoms with Crippen LogP contribution in [0.2, 0.25) is 0 Å². The summed E-state index contributed by atoms with van der Waals surface area (Å²) >= 11 is 0. The van der Waals surface area contributed by atoms with Crippen LogP contribution in [0.15, 0.2) is 48.5 Å². The summed E-state index contributed by atoms with van der Waals surface area (Å²) in [6.45, 7) is 0.194. The number of amides is 1. The first-order valence-electron chi connectivity index (χ1n) is 11.0. The van der Waals surface area contributed by atoms with Crippen LogP contribution in [-0.2, 0) is 14.3 Å². The predicted octanol–water partition coefficient (Wildman–Crippen LogP) is 3.24. The second-order valence-electron chi connectivity index (χ2n) is 8.29. The van der Waals surface area contributed by atoms with Crippen LogP contribution in [0.25, 0.3) is 32.8 Å². The number of benzene rings is 3. The summed E-state index contributed by atoms with van der Waals surface area (Å²) in [5, 5.41) is 3.93. The number of likely N-dealkylation sites (N-methyl/N-ethyl adjacent to an activating group) is 1. The van der Waals surface area contributed by atoms with Crippen LogP contribution in [0, 0.1) is 0 Å². The van der Waals surface area contributed by atoms with Crippen LogP contribution in [-0.4, -0.2) is 72.7 Å². The topological polar surface area (TPSA) is 111 Å². The Kier molecular flexibility index (Phi) is 7.21. The number of nitrogens with one attached hydrogen (secondary N) is 1. The molecule has 1 heterocycles. The lowest BCUT2D eigenvalue weighted by molar-refractivity contribution is -0.202. The summed E-state index contributed by atoms with van der Waals surface area (Å²) < 4.78 is 46.0. The van der Waals surface area contributed by atoms with E-state index in [9.17, 15) is 27.6 Å². The molecule has 0 radical (unpaired) electrons. The maximum atomic E-state index is 12.8. The highest BCUT2D eigenvalue weighted by Crippen LogP contribution is 2.31. The first kappa shape index (κ1) is 25.8. The fourth-order valence-electron chi connectivity index (χ4n) is 3.61. The summed E-state index contributed by atoms with van der Waals surface area (Å²) in [7, 11) is 3.80. The van der Waals surface area contributed by atoms with Crippen molar-refractivity contribution < 1.29 is 37.0 Å². The largest absolute Gasteiger partial charge is 0.491 e. The van der Waals surface area contributed by atoms with Gasteiger partial charge in [-0.1, -0.05) is 18.2 Å². The second kappa shape index (κ2) is 10.3. The van der Waals surface area contributed by atoms with Crippen LogP contribution in [0.3, 0.4) is 0 Å². The van der Waals surface area contributed by atoms with Gasteiger partial charge in [0.25, 0.3) is 5.91 Å². The first-order chi connectivity index (χ1) is 17.5. The molecule has 3 aromatic carbocycles. The van der Waals surface area contributed by atoms with Gasteiger partial charge in [-0.2, -0.15) is 13.2 Å². The van der Waals surface area contributed by atoms with Crippen LogP contribution in [0.5, 0.6) is 5.75 Å². The third-order valence-electron chi connectivity index (χ3n) is 5.32. The summed E-state index contributed by atoms with van der Waals surface area (Å²) in [6.07, 6.45) is -5.29. The molecule has 9 nitrogen and oxygen atoms in total. The van der Waals surface area contributed by atoms with Gasteiger partial charge < -0.3 is 19.7 Å². The number of hydrogen-bond acceptors (Lipinski definition) is 8. The number of carbonyl (C=O) groups excluding carboxylic acids is 3. The number of nitrogens with zero attached hydrogens (tertiary/aromatic N) is 3. The Bertz CT molecular complexity index is 1520. The summed E-state index contributed by atoms with van der Waals surface area (Å²) in [6, 6.07) is 13.3. The molecule has 1 N–H and O–H groups in total. The Hall–Kier alpha value is -4.32. The Morgan fingerprint density at radius 3 is 2.38 bits per heavy atom. The fraction of sp³-hybridized carbons (Fsp3) is 0.240. The molecular weight excluding hydrogens is 493 g/mol. The minimum Gasteiger partial charge on any atom is -0.481 e. The molecular formula is C25H21F3N4O5. The Balaban J connectivity index is 1.67. The zero-order valence-corrected chi connectivity index (χ0v) is 19.8. The SMILES string of the molecule is CN(C)CCNC(=O)c1cccc2nc3ccc4c(OCC(=O)OC(=O)C(F)(F)F)cccc4c3nc12. The smallest absolute Gasteiger partial charge is 0.481 e. The van der Waals surface area contributed by atoms with Gasteiger partial charge in [0.05, 0.1) is 22.1 Å². The van der Waals surface area contributed by atoms with Crippen LogP contribution in [0.4, 0.5) is 13.2 Å². The number of halogens is 3. The third kappa shape index (κ3) is 5.75. The maximum absolute atomic E-state index is 12.8. The van der Waals surface area contributed by atoms with Crippen molar-refractivity contribution in [1.82, 2.24) is 20.2 Å². The van der Waals surface area contributed by atoms with E-state index in [1.54, 1.807) is 42.5 Å². The fourth-order valence-corrected chi connectivity index (χ4v) is 3.61. The normalized spacial score (nSPS) is 11.7. The predicted molar refractivity (Wildman–Crippen MR) is 128 cm³/mol. The van der Waals surface area contributed by atoms with E-state index in [1.807, 2.05) is 19.0 Å². The number of rotatable bonds is 7. The van der Waals surface area contributed by atoms with Crippen molar-refractivity contribution in [2.45, 2.75) is 6.18 Å². The molecule has 0 bridgehead atoms. The average Bonchev–Trinajstić information content (AvgIpc) is 2.84. The van der Waals surface area contributed by atoms with E-state index < -0.39 is 24.7 Å². The monoisotopic (exact) mass is 514 g/mol. The highest BCUT2D eigenvalue weighted by molar-refractivity contribution is 6.11. The summed E-state index contributed by atoms with van der Waals surface area (Å²) in [4.78, 5) is 46.6.